The van der Waals surface area contributed by atoms with E-state index in [9.17, 15) is 0 Å². The summed E-state index contributed by atoms with van der Waals surface area (Å²) in [5, 5.41) is 8.90. The van der Waals surface area contributed by atoms with Crippen molar-refractivity contribution >= 4 is 5.82 Å². The molecule has 1 fully saturated rings. The van der Waals surface area contributed by atoms with Crippen molar-refractivity contribution in [2.45, 2.75) is 32.4 Å². The van der Waals surface area contributed by atoms with E-state index in [0.717, 1.165) is 31.1 Å². The van der Waals surface area contributed by atoms with E-state index < -0.39 is 0 Å². The van der Waals surface area contributed by atoms with Crippen molar-refractivity contribution < 1.29 is 0 Å². The van der Waals surface area contributed by atoms with Gasteiger partial charge in [-0.15, -0.1) is 0 Å². The van der Waals surface area contributed by atoms with Crippen molar-refractivity contribution in [2.24, 2.45) is 0 Å². The Balaban J connectivity index is 1.64. The largest absolute Gasteiger partial charge is 0.355 e. The fourth-order valence-corrected chi connectivity index (χ4v) is 3.25. The lowest BCUT2D eigenvalue weighted by Gasteiger charge is -2.38. The minimum absolute atomic E-state index is 0.464. The molecule has 1 aromatic carbocycles. The lowest BCUT2D eigenvalue weighted by atomic mass is 10.0. The molecule has 1 aliphatic heterocycles. The van der Waals surface area contributed by atoms with Gasteiger partial charge in [-0.05, 0) is 44.0 Å². The highest BCUT2D eigenvalue weighted by Gasteiger charge is 2.24. The van der Waals surface area contributed by atoms with E-state index in [1.54, 1.807) is 6.33 Å². The van der Waals surface area contributed by atoms with E-state index in [0.29, 0.717) is 11.6 Å². The molecule has 5 heteroatoms. The van der Waals surface area contributed by atoms with Crippen molar-refractivity contribution in [3.05, 3.63) is 53.5 Å². The van der Waals surface area contributed by atoms with Crippen LogP contribution in [0.5, 0.6) is 0 Å². The predicted octanol–water partition coefficient (Wildman–Crippen LogP) is 2.76. The molecule has 3 rings (SSSR count). The third kappa shape index (κ3) is 3.90. The molecule has 0 amide bonds. The van der Waals surface area contributed by atoms with Gasteiger partial charge in [-0.3, -0.25) is 4.90 Å². The molecule has 0 bridgehead atoms. The molecule has 1 atom stereocenters. The van der Waals surface area contributed by atoms with Crippen LogP contribution < -0.4 is 4.90 Å². The van der Waals surface area contributed by atoms with Crippen LogP contribution in [0, 0.1) is 18.3 Å². The first kappa shape index (κ1) is 16.4. The molecule has 2 aromatic rings. The van der Waals surface area contributed by atoms with Crippen LogP contribution in [0.1, 0.15) is 29.7 Å². The number of aryl methyl sites for hydroxylation is 1. The Kier molecular flexibility index (Phi) is 5.07. The summed E-state index contributed by atoms with van der Waals surface area (Å²) < 4.78 is 0. The molecule has 24 heavy (non-hydrogen) atoms. The second-order valence-electron chi connectivity index (χ2n) is 6.47. The van der Waals surface area contributed by atoms with Gasteiger partial charge in [0, 0.05) is 37.9 Å². The first-order valence-electron chi connectivity index (χ1n) is 8.38. The van der Waals surface area contributed by atoms with E-state index >= 15 is 0 Å². The lowest BCUT2D eigenvalue weighted by molar-refractivity contribution is 0.198. The van der Waals surface area contributed by atoms with Crippen LogP contribution in [-0.2, 0) is 6.54 Å². The van der Waals surface area contributed by atoms with Gasteiger partial charge in [-0.25, -0.2) is 9.97 Å². The number of anilines is 1. The van der Waals surface area contributed by atoms with E-state index in [1.807, 2.05) is 25.1 Å². The maximum atomic E-state index is 8.90. The SMILES string of the molecule is Cc1cc(N(C)C2CCCN(Cc3ccc(C#N)cc3)C2)ncn1. The molecule has 1 aliphatic rings. The van der Waals surface area contributed by atoms with E-state index in [1.165, 1.54) is 18.4 Å². The summed E-state index contributed by atoms with van der Waals surface area (Å²) in [5.41, 5.74) is 2.97. The Morgan fingerprint density at radius 1 is 1.29 bits per heavy atom. The smallest absolute Gasteiger partial charge is 0.132 e. The molecule has 1 unspecified atom stereocenters. The van der Waals surface area contributed by atoms with Crippen LogP contribution in [0.4, 0.5) is 5.82 Å². The number of likely N-dealkylation sites (tertiary alicyclic amines) is 1. The van der Waals surface area contributed by atoms with Crippen LogP contribution in [0.2, 0.25) is 0 Å². The quantitative estimate of drug-likeness (QED) is 0.866. The molecule has 5 nitrogen and oxygen atoms in total. The number of nitrogens with zero attached hydrogens (tertiary/aromatic N) is 5. The molecule has 0 N–H and O–H groups in total. The molecule has 124 valence electrons. The van der Waals surface area contributed by atoms with Crippen molar-refractivity contribution in [1.29, 1.82) is 5.26 Å². The normalized spacial score (nSPS) is 18.1. The van der Waals surface area contributed by atoms with Crippen LogP contribution >= 0.6 is 0 Å². The first-order chi connectivity index (χ1) is 11.7. The first-order valence-corrected chi connectivity index (χ1v) is 8.38. The van der Waals surface area contributed by atoms with E-state index in [2.05, 4.69) is 45.0 Å². The average Bonchev–Trinajstić information content (AvgIpc) is 2.62. The number of hydrogen-bond donors (Lipinski definition) is 0. The summed E-state index contributed by atoms with van der Waals surface area (Å²) >= 11 is 0. The maximum Gasteiger partial charge on any atom is 0.132 e. The van der Waals surface area contributed by atoms with Crippen LogP contribution in [0.15, 0.2) is 36.7 Å². The standard InChI is InChI=1S/C19H23N5/c1-15-10-19(22-14-21-15)23(2)18-4-3-9-24(13-18)12-17-7-5-16(11-20)6-8-17/h5-8,10,14,18H,3-4,9,12-13H2,1-2H3. The molecule has 2 heterocycles. The van der Waals surface area contributed by atoms with Crippen molar-refractivity contribution in [2.75, 3.05) is 25.0 Å². The zero-order valence-electron chi connectivity index (χ0n) is 14.3. The molecule has 1 aromatic heterocycles. The summed E-state index contributed by atoms with van der Waals surface area (Å²) in [4.78, 5) is 13.4. The second kappa shape index (κ2) is 7.41. The van der Waals surface area contributed by atoms with Gasteiger partial charge in [-0.2, -0.15) is 5.26 Å². The highest BCUT2D eigenvalue weighted by Crippen LogP contribution is 2.21. The number of aromatic nitrogens is 2. The van der Waals surface area contributed by atoms with Crippen molar-refractivity contribution in [1.82, 2.24) is 14.9 Å². The highest BCUT2D eigenvalue weighted by atomic mass is 15.2. The fraction of sp³-hybridized carbons (Fsp3) is 0.421. The summed E-state index contributed by atoms with van der Waals surface area (Å²) in [7, 11) is 2.12. The van der Waals surface area contributed by atoms with Gasteiger partial charge >= 0.3 is 0 Å². The Morgan fingerprint density at radius 2 is 2.08 bits per heavy atom. The van der Waals surface area contributed by atoms with Crippen molar-refractivity contribution in [3.8, 4) is 6.07 Å². The topological polar surface area (TPSA) is 56.0 Å². The Hall–Kier alpha value is -2.45. The van der Waals surface area contributed by atoms with Gasteiger partial charge in [0.2, 0.25) is 0 Å². The Bertz CT molecular complexity index is 719. The third-order valence-corrected chi connectivity index (χ3v) is 4.67. The molecular weight excluding hydrogens is 298 g/mol. The molecule has 0 radical (unpaired) electrons. The summed E-state index contributed by atoms with van der Waals surface area (Å²) in [6, 6.07) is 12.6. The van der Waals surface area contributed by atoms with E-state index in [-0.39, 0.29) is 0 Å². The molecule has 1 saturated heterocycles. The zero-order valence-corrected chi connectivity index (χ0v) is 14.3. The van der Waals surface area contributed by atoms with Gasteiger partial charge in [0.15, 0.2) is 0 Å². The lowest BCUT2D eigenvalue weighted by Crippen LogP contribution is -2.46. The fourth-order valence-electron chi connectivity index (χ4n) is 3.25. The van der Waals surface area contributed by atoms with Crippen LogP contribution in [0.3, 0.4) is 0 Å². The number of piperidine rings is 1. The van der Waals surface area contributed by atoms with Crippen LogP contribution in [0.25, 0.3) is 0 Å². The van der Waals surface area contributed by atoms with Gasteiger partial charge in [0.1, 0.15) is 12.1 Å². The maximum absolute atomic E-state index is 8.90. The number of hydrogen-bond acceptors (Lipinski definition) is 5. The summed E-state index contributed by atoms with van der Waals surface area (Å²) in [6.07, 6.45) is 4.01. The van der Waals surface area contributed by atoms with Crippen molar-refractivity contribution in [3.63, 3.8) is 0 Å². The average molecular weight is 321 g/mol. The number of benzene rings is 1. The monoisotopic (exact) mass is 321 g/mol. The minimum atomic E-state index is 0.464. The van der Waals surface area contributed by atoms with Crippen LogP contribution in [-0.4, -0.2) is 41.0 Å². The number of nitriles is 1. The summed E-state index contributed by atoms with van der Waals surface area (Å²) in [5.74, 6) is 0.993. The number of likely N-dealkylation sites (N-methyl/N-ethyl adjacent to an activating group) is 1. The minimum Gasteiger partial charge on any atom is -0.355 e. The molecule has 0 aliphatic carbocycles. The van der Waals surface area contributed by atoms with Gasteiger partial charge in [-0.1, -0.05) is 12.1 Å². The predicted molar refractivity (Wildman–Crippen MR) is 94.6 cm³/mol. The van der Waals surface area contributed by atoms with Gasteiger partial charge in [0.05, 0.1) is 11.6 Å². The molecule has 0 spiro atoms. The highest BCUT2D eigenvalue weighted by molar-refractivity contribution is 5.39. The number of rotatable bonds is 4. The summed E-state index contributed by atoms with van der Waals surface area (Å²) in [6.45, 7) is 5.07. The van der Waals surface area contributed by atoms with E-state index in [4.69, 9.17) is 5.26 Å². The third-order valence-electron chi connectivity index (χ3n) is 4.67. The molecular formula is C19H23N5. The Labute approximate surface area is 143 Å². The Morgan fingerprint density at radius 3 is 2.79 bits per heavy atom. The zero-order chi connectivity index (χ0) is 16.9. The molecule has 0 saturated carbocycles. The van der Waals surface area contributed by atoms with Gasteiger partial charge in [0.25, 0.3) is 0 Å². The van der Waals surface area contributed by atoms with Gasteiger partial charge < -0.3 is 4.90 Å². The second-order valence-corrected chi connectivity index (χ2v) is 6.47.